The van der Waals surface area contributed by atoms with Gasteiger partial charge in [0.25, 0.3) is 0 Å². The Morgan fingerprint density at radius 2 is 2.00 bits per heavy atom. The number of rotatable bonds is 2. The van der Waals surface area contributed by atoms with Crippen molar-refractivity contribution < 1.29 is 4.52 Å². The molecule has 3 N–H and O–H groups in total. The van der Waals surface area contributed by atoms with Gasteiger partial charge in [0.2, 0.25) is 5.88 Å². The number of para-hydroxylation sites is 2. The van der Waals surface area contributed by atoms with E-state index in [4.69, 9.17) is 10.3 Å². The number of nitrogens with zero attached hydrogens (tertiary/aromatic N) is 1. The average molecular weight is 203 g/mol. The van der Waals surface area contributed by atoms with Crippen LogP contribution in [0.5, 0.6) is 0 Å². The lowest BCUT2D eigenvalue weighted by molar-refractivity contribution is 0.429. The van der Waals surface area contributed by atoms with E-state index in [0.29, 0.717) is 11.6 Å². The number of aryl methyl sites for hydroxylation is 1. The molecule has 2 rings (SSSR count). The highest BCUT2D eigenvalue weighted by molar-refractivity contribution is 5.71. The summed E-state index contributed by atoms with van der Waals surface area (Å²) in [6.45, 7) is 3.85. The number of nitrogens with one attached hydrogen (secondary N) is 1. The van der Waals surface area contributed by atoms with Crippen LogP contribution in [0.15, 0.2) is 28.8 Å². The summed E-state index contributed by atoms with van der Waals surface area (Å²) >= 11 is 0. The summed E-state index contributed by atoms with van der Waals surface area (Å²) in [7, 11) is 0. The van der Waals surface area contributed by atoms with Crippen molar-refractivity contribution in [2.45, 2.75) is 13.8 Å². The molecular weight excluding hydrogens is 190 g/mol. The molecule has 78 valence electrons. The lowest BCUT2D eigenvalue weighted by atomic mass is 10.2. The number of benzene rings is 1. The monoisotopic (exact) mass is 203 g/mol. The van der Waals surface area contributed by atoms with Gasteiger partial charge < -0.3 is 15.6 Å². The van der Waals surface area contributed by atoms with Crippen molar-refractivity contribution in [3.63, 3.8) is 0 Å². The van der Waals surface area contributed by atoms with Crippen LogP contribution in [-0.2, 0) is 0 Å². The maximum atomic E-state index is 5.80. The maximum absolute atomic E-state index is 5.80. The van der Waals surface area contributed by atoms with Gasteiger partial charge in [-0.15, -0.1) is 0 Å². The van der Waals surface area contributed by atoms with Crippen molar-refractivity contribution >= 4 is 17.3 Å². The zero-order valence-corrected chi connectivity index (χ0v) is 8.74. The van der Waals surface area contributed by atoms with E-state index in [0.717, 1.165) is 16.9 Å². The van der Waals surface area contributed by atoms with Crippen LogP contribution in [0.1, 0.15) is 11.3 Å². The highest BCUT2D eigenvalue weighted by Crippen LogP contribution is 2.25. The Morgan fingerprint density at radius 1 is 1.27 bits per heavy atom. The van der Waals surface area contributed by atoms with Gasteiger partial charge in [-0.05, 0) is 26.0 Å². The number of aromatic nitrogens is 1. The Hall–Kier alpha value is -1.97. The first-order chi connectivity index (χ1) is 7.18. The molecule has 0 bridgehead atoms. The van der Waals surface area contributed by atoms with Crippen molar-refractivity contribution in [2.24, 2.45) is 0 Å². The minimum atomic E-state index is 0.644. The summed E-state index contributed by atoms with van der Waals surface area (Å²) in [6, 6.07) is 7.53. The topological polar surface area (TPSA) is 64.1 Å². The molecular formula is C11H13N3O. The molecule has 1 heterocycles. The highest BCUT2D eigenvalue weighted by atomic mass is 16.5. The largest absolute Gasteiger partial charge is 0.397 e. The first kappa shape index (κ1) is 9.58. The zero-order valence-electron chi connectivity index (χ0n) is 8.74. The van der Waals surface area contributed by atoms with E-state index >= 15 is 0 Å². The molecule has 0 saturated heterocycles. The number of hydrogen-bond donors (Lipinski definition) is 2. The van der Waals surface area contributed by atoms with Gasteiger partial charge in [-0.1, -0.05) is 17.3 Å². The van der Waals surface area contributed by atoms with Gasteiger partial charge in [0.1, 0.15) is 0 Å². The van der Waals surface area contributed by atoms with Crippen LogP contribution in [0, 0.1) is 13.8 Å². The van der Waals surface area contributed by atoms with Crippen molar-refractivity contribution in [1.29, 1.82) is 0 Å². The summed E-state index contributed by atoms with van der Waals surface area (Å²) in [5.41, 5.74) is 9.20. The van der Waals surface area contributed by atoms with E-state index in [1.165, 1.54) is 0 Å². The molecule has 4 heteroatoms. The van der Waals surface area contributed by atoms with Gasteiger partial charge in [0.05, 0.1) is 17.1 Å². The summed E-state index contributed by atoms with van der Waals surface area (Å²) in [6.07, 6.45) is 0. The first-order valence-corrected chi connectivity index (χ1v) is 4.73. The number of nitrogen functional groups attached to an aromatic ring is 1. The smallest absolute Gasteiger partial charge is 0.232 e. The van der Waals surface area contributed by atoms with Crippen LogP contribution < -0.4 is 11.1 Å². The van der Waals surface area contributed by atoms with Crippen LogP contribution in [0.4, 0.5) is 17.3 Å². The third kappa shape index (κ3) is 1.79. The summed E-state index contributed by atoms with van der Waals surface area (Å²) in [4.78, 5) is 0. The molecule has 0 radical (unpaired) electrons. The first-order valence-electron chi connectivity index (χ1n) is 4.73. The Kier molecular flexibility index (Phi) is 2.33. The van der Waals surface area contributed by atoms with Crippen LogP contribution >= 0.6 is 0 Å². The minimum Gasteiger partial charge on any atom is -0.397 e. The quantitative estimate of drug-likeness (QED) is 0.736. The molecule has 1 aromatic carbocycles. The summed E-state index contributed by atoms with van der Waals surface area (Å²) in [5, 5.41) is 6.97. The molecule has 0 spiro atoms. The van der Waals surface area contributed by atoms with Gasteiger partial charge in [-0.25, -0.2) is 0 Å². The molecule has 0 aliphatic rings. The molecule has 0 atom stereocenters. The van der Waals surface area contributed by atoms with E-state index < -0.39 is 0 Å². The number of hydrogen-bond acceptors (Lipinski definition) is 4. The lowest BCUT2D eigenvalue weighted by Crippen LogP contribution is -1.95. The van der Waals surface area contributed by atoms with Crippen molar-refractivity contribution in [2.75, 3.05) is 11.1 Å². The maximum Gasteiger partial charge on any atom is 0.232 e. The fraction of sp³-hybridized carbons (Fsp3) is 0.182. The Labute approximate surface area is 88.1 Å². The normalized spacial score (nSPS) is 10.3. The van der Waals surface area contributed by atoms with Gasteiger partial charge in [-0.2, -0.15) is 0 Å². The zero-order chi connectivity index (χ0) is 10.8. The summed E-state index contributed by atoms with van der Waals surface area (Å²) in [5.74, 6) is 0.644. The Balaban J connectivity index is 2.30. The molecule has 0 fully saturated rings. The molecule has 0 aliphatic carbocycles. The standard InChI is InChI=1S/C11H13N3O/c1-7-8(2)14-15-11(7)13-10-6-4-3-5-9(10)12/h3-6,13H,12H2,1-2H3. The van der Waals surface area contributed by atoms with Crippen LogP contribution in [0.2, 0.25) is 0 Å². The number of nitrogens with two attached hydrogens (primary N) is 1. The highest BCUT2D eigenvalue weighted by Gasteiger charge is 2.08. The Bertz CT molecular complexity index is 476. The Morgan fingerprint density at radius 3 is 2.60 bits per heavy atom. The molecule has 0 aliphatic heterocycles. The minimum absolute atomic E-state index is 0.644. The van der Waals surface area contributed by atoms with Crippen LogP contribution in [0.3, 0.4) is 0 Å². The predicted molar refractivity (Wildman–Crippen MR) is 60.1 cm³/mol. The molecule has 1 aromatic heterocycles. The van der Waals surface area contributed by atoms with E-state index in [1.54, 1.807) is 0 Å². The van der Waals surface area contributed by atoms with Gasteiger partial charge in [-0.3, -0.25) is 0 Å². The van der Waals surface area contributed by atoms with Gasteiger partial charge >= 0.3 is 0 Å². The molecule has 0 saturated carbocycles. The second-order valence-corrected chi connectivity index (χ2v) is 3.43. The van der Waals surface area contributed by atoms with Crippen molar-refractivity contribution in [3.8, 4) is 0 Å². The van der Waals surface area contributed by atoms with E-state index in [1.807, 2.05) is 38.1 Å². The second kappa shape index (κ2) is 3.65. The average Bonchev–Trinajstić information content (AvgIpc) is 2.53. The predicted octanol–water partition coefficient (Wildman–Crippen LogP) is 2.62. The molecule has 2 aromatic rings. The molecule has 15 heavy (non-hydrogen) atoms. The fourth-order valence-corrected chi connectivity index (χ4v) is 1.27. The lowest BCUT2D eigenvalue weighted by Gasteiger charge is -2.05. The van der Waals surface area contributed by atoms with E-state index in [9.17, 15) is 0 Å². The second-order valence-electron chi connectivity index (χ2n) is 3.43. The third-order valence-electron chi connectivity index (χ3n) is 2.37. The number of anilines is 3. The van der Waals surface area contributed by atoms with E-state index in [2.05, 4.69) is 10.5 Å². The van der Waals surface area contributed by atoms with Crippen molar-refractivity contribution in [3.05, 3.63) is 35.5 Å². The van der Waals surface area contributed by atoms with Crippen LogP contribution in [-0.4, -0.2) is 5.16 Å². The van der Waals surface area contributed by atoms with Gasteiger partial charge in [0, 0.05) is 5.56 Å². The fourth-order valence-electron chi connectivity index (χ4n) is 1.27. The van der Waals surface area contributed by atoms with Gasteiger partial charge in [0.15, 0.2) is 0 Å². The molecule has 4 nitrogen and oxygen atoms in total. The summed E-state index contributed by atoms with van der Waals surface area (Å²) < 4.78 is 5.14. The van der Waals surface area contributed by atoms with Crippen LogP contribution in [0.25, 0.3) is 0 Å². The van der Waals surface area contributed by atoms with Crippen molar-refractivity contribution in [1.82, 2.24) is 5.16 Å². The van der Waals surface area contributed by atoms with E-state index in [-0.39, 0.29) is 0 Å². The third-order valence-corrected chi connectivity index (χ3v) is 2.37. The SMILES string of the molecule is Cc1noc(Nc2ccccc2N)c1C. The molecule has 0 amide bonds. The molecule has 0 unspecified atom stereocenters.